The van der Waals surface area contributed by atoms with Crippen molar-refractivity contribution < 1.29 is 4.79 Å². The van der Waals surface area contributed by atoms with Crippen LogP contribution >= 0.6 is 12.2 Å². The highest BCUT2D eigenvalue weighted by Crippen LogP contribution is 2.19. The molecule has 7 nitrogen and oxygen atoms in total. The van der Waals surface area contributed by atoms with E-state index in [-0.39, 0.29) is 5.91 Å². The van der Waals surface area contributed by atoms with Crippen molar-refractivity contribution in [2.75, 3.05) is 38.1 Å². The van der Waals surface area contributed by atoms with E-state index >= 15 is 0 Å². The number of anilines is 1. The zero-order chi connectivity index (χ0) is 21.1. The SMILES string of the molecule is CCc1cc2ncc(CN3CCN(c4ccc(C(=O)NC)nc4)CC3)cc2[nH]c1=S. The number of fused-ring (bicyclic) bond motifs is 1. The van der Waals surface area contributed by atoms with E-state index in [0.717, 1.165) is 66.1 Å². The van der Waals surface area contributed by atoms with Crippen molar-refractivity contribution in [3.05, 3.63) is 58.1 Å². The maximum atomic E-state index is 11.6. The molecule has 8 heteroatoms. The third-order valence-electron chi connectivity index (χ3n) is 5.56. The number of aromatic nitrogens is 3. The third kappa shape index (κ3) is 4.34. The standard InChI is InChI=1S/C22H26N6OS/c1-3-16-11-19-20(26-22(16)30)10-15(12-24-19)14-27-6-8-28(9-7-27)17-4-5-18(25-13-17)21(29)23-2/h4-5,10-13H,3,6-9,14H2,1-2H3,(H,23,29)(H,26,30). The molecule has 0 aromatic carbocycles. The highest BCUT2D eigenvalue weighted by atomic mass is 32.1. The van der Waals surface area contributed by atoms with Crippen LogP contribution in [0.3, 0.4) is 0 Å². The van der Waals surface area contributed by atoms with Crippen LogP contribution in [0.2, 0.25) is 0 Å². The second-order valence-corrected chi connectivity index (χ2v) is 7.91. The topological polar surface area (TPSA) is 77.2 Å². The molecule has 0 radical (unpaired) electrons. The number of nitrogens with zero attached hydrogens (tertiary/aromatic N) is 4. The number of piperazine rings is 1. The molecule has 2 N–H and O–H groups in total. The number of carbonyl (C=O) groups excluding carboxylic acids is 1. The predicted octanol–water partition coefficient (Wildman–Crippen LogP) is 2.93. The Morgan fingerprint density at radius 1 is 1.17 bits per heavy atom. The van der Waals surface area contributed by atoms with E-state index in [1.54, 1.807) is 19.3 Å². The van der Waals surface area contributed by atoms with E-state index in [4.69, 9.17) is 12.2 Å². The fourth-order valence-corrected chi connectivity index (χ4v) is 4.09. The molecule has 30 heavy (non-hydrogen) atoms. The molecule has 3 aromatic rings. The van der Waals surface area contributed by atoms with Crippen LogP contribution in [0.4, 0.5) is 5.69 Å². The van der Waals surface area contributed by atoms with E-state index in [0.29, 0.717) is 5.69 Å². The predicted molar refractivity (Wildman–Crippen MR) is 121 cm³/mol. The maximum Gasteiger partial charge on any atom is 0.269 e. The average Bonchev–Trinajstić information content (AvgIpc) is 2.78. The summed E-state index contributed by atoms with van der Waals surface area (Å²) < 4.78 is 0.800. The number of amides is 1. The van der Waals surface area contributed by atoms with E-state index < -0.39 is 0 Å². The van der Waals surface area contributed by atoms with Crippen LogP contribution in [-0.2, 0) is 13.0 Å². The highest BCUT2D eigenvalue weighted by molar-refractivity contribution is 7.71. The lowest BCUT2D eigenvalue weighted by Gasteiger charge is -2.36. The van der Waals surface area contributed by atoms with Crippen molar-refractivity contribution in [2.24, 2.45) is 0 Å². The minimum Gasteiger partial charge on any atom is -0.368 e. The van der Waals surface area contributed by atoms with Crippen LogP contribution in [0.1, 0.15) is 28.5 Å². The van der Waals surface area contributed by atoms with Gasteiger partial charge in [-0.1, -0.05) is 19.1 Å². The third-order valence-corrected chi connectivity index (χ3v) is 5.92. The molecule has 1 fully saturated rings. The number of hydrogen-bond donors (Lipinski definition) is 2. The lowest BCUT2D eigenvalue weighted by molar-refractivity contribution is 0.0958. The molecule has 0 bridgehead atoms. The minimum absolute atomic E-state index is 0.165. The van der Waals surface area contributed by atoms with Crippen LogP contribution in [0.15, 0.2) is 36.7 Å². The number of hydrogen-bond acceptors (Lipinski definition) is 6. The monoisotopic (exact) mass is 422 g/mol. The van der Waals surface area contributed by atoms with Crippen molar-refractivity contribution in [3.8, 4) is 0 Å². The smallest absolute Gasteiger partial charge is 0.269 e. The number of pyridine rings is 3. The van der Waals surface area contributed by atoms with E-state index in [2.05, 4.69) is 49.1 Å². The van der Waals surface area contributed by atoms with Gasteiger partial charge < -0.3 is 15.2 Å². The summed E-state index contributed by atoms with van der Waals surface area (Å²) in [6, 6.07) is 7.98. The number of aryl methyl sites for hydroxylation is 1. The first-order valence-electron chi connectivity index (χ1n) is 10.2. The van der Waals surface area contributed by atoms with Crippen LogP contribution < -0.4 is 10.2 Å². The number of rotatable bonds is 5. The van der Waals surface area contributed by atoms with Gasteiger partial charge in [0.05, 0.1) is 22.9 Å². The minimum atomic E-state index is -0.165. The first-order valence-corrected chi connectivity index (χ1v) is 10.6. The molecule has 1 saturated heterocycles. The molecule has 3 aromatic heterocycles. The summed E-state index contributed by atoms with van der Waals surface area (Å²) in [5, 5.41) is 2.59. The number of nitrogens with one attached hydrogen (secondary N) is 2. The molecule has 156 valence electrons. The Morgan fingerprint density at radius 2 is 1.97 bits per heavy atom. The Kier molecular flexibility index (Phi) is 6.06. The summed E-state index contributed by atoms with van der Waals surface area (Å²) in [4.78, 5) is 28.6. The van der Waals surface area contributed by atoms with Crippen LogP contribution in [-0.4, -0.2) is 59.0 Å². The molecule has 1 aliphatic rings. The second-order valence-electron chi connectivity index (χ2n) is 7.50. The molecule has 0 spiro atoms. The van der Waals surface area contributed by atoms with Crippen molar-refractivity contribution in [1.82, 2.24) is 25.2 Å². The van der Waals surface area contributed by atoms with Crippen molar-refractivity contribution in [2.45, 2.75) is 19.9 Å². The van der Waals surface area contributed by atoms with Gasteiger partial charge in [0, 0.05) is 46.0 Å². The molecule has 1 aliphatic heterocycles. The van der Waals surface area contributed by atoms with Gasteiger partial charge in [-0.05, 0) is 41.8 Å². The lowest BCUT2D eigenvalue weighted by Crippen LogP contribution is -2.46. The van der Waals surface area contributed by atoms with Crippen molar-refractivity contribution in [1.29, 1.82) is 0 Å². The van der Waals surface area contributed by atoms with Crippen LogP contribution in [0.5, 0.6) is 0 Å². The van der Waals surface area contributed by atoms with Crippen molar-refractivity contribution in [3.63, 3.8) is 0 Å². The molecular weight excluding hydrogens is 396 g/mol. The summed E-state index contributed by atoms with van der Waals surface area (Å²) in [5.74, 6) is -0.165. The largest absolute Gasteiger partial charge is 0.368 e. The molecular formula is C22H26N6OS. The molecule has 4 rings (SSSR count). The van der Waals surface area contributed by atoms with Gasteiger partial charge in [0.25, 0.3) is 5.91 Å². The van der Waals surface area contributed by atoms with Gasteiger partial charge in [0.2, 0.25) is 0 Å². The first kappa shape index (κ1) is 20.4. The van der Waals surface area contributed by atoms with Crippen molar-refractivity contribution >= 4 is 34.8 Å². The Balaban J connectivity index is 1.38. The van der Waals surface area contributed by atoms with Gasteiger partial charge in [0.15, 0.2) is 0 Å². The summed E-state index contributed by atoms with van der Waals surface area (Å²) >= 11 is 5.45. The number of carbonyl (C=O) groups is 1. The maximum absolute atomic E-state index is 11.6. The Bertz CT molecular complexity index is 1100. The fourth-order valence-electron chi connectivity index (χ4n) is 3.77. The molecule has 0 aliphatic carbocycles. The molecule has 0 atom stereocenters. The second kappa shape index (κ2) is 8.89. The van der Waals surface area contributed by atoms with Gasteiger partial charge >= 0.3 is 0 Å². The van der Waals surface area contributed by atoms with Gasteiger partial charge in [-0.2, -0.15) is 0 Å². The Labute approximate surface area is 181 Å². The zero-order valence-electron chi connectivity index (χ0n) is 17.3. The molecule has 0 saturated carbocycles. The molecule has 4 heterocycles. The fraction of sp³-hybridized carbons (Fsp3) is 0.364. The average molecular weight is 423 g/mol. The molecule has 1 amide bonds. The summed E-state index contributed by atoms with van der Waals surface area (Å²) in [6.45, 7) is 6.72. The summed E-state index contributed by atoms with van der Waals surface area (Å²) in [5.41, 5.74) is 5.76. The van der Waals surface area contributed by atoms with Gasteiger partial charge in [-0.25, -0.2) is 4.98 Å². The van der Waals surface area contributed by atoms with Gasteiger partial charge in [0.1, 0.15) is 10.3 Å². The number of aromatic amines is 1. The summed E-state index contributed by atoms with van der Waals surface area (Å²) in [7, 11) is 1.61. The van der Waals surface area contributed by atoms with Gasteiger partial charge in [-0.15, -0.1) is 0 Å². The lowest BCUT2D eigenvalue weighted by atomic mass is 10.1. The normalized spacial score (nSPS) is 14.8. The Morgan fingerprint density at radius 3 is 2.63 bits per heavy atom. The summed E-state index contributed by atoms with van der Waals surface area (Å²) in [6.07, 6.45) is 4.65. The quantitative estimate of drug-likeness (QED) is 0.616. The first-order chi connectivity index (χ1) is 14.6. The molecule has 0 unspecified atom stereocenters. The van der Waals surface area contributed by atoms with E-state index in [1.165, 1.54) is 5.56 Å². The van der Waals surface area contributed by atoms with Crippen LogP contribution in [0.25, 0.3) is 11.0 Å². The Hall–Kier alpha value is -2.84. The van der Waals surface area contributed by atoms with E-state index in [9.17, 15) is 4.79 Å². The van der Waals surface area contributed by atoms with Crippen LogP contribution in [0, 0.1) is 4.64 Å². The van der Waals surface area contributed by atoms with Gasteiger partial charge in [-0.3, -0.25) is 14.7 Å². The van der Waals surface area contributed by atoms with E-state index in [1.807, 2.05) is 12.3 Å². The highest BCUT2D eigenvalue weighted by Gasteiger charge is 2.18. The zero-order valence-corrected chi connectivity index (χ0v) is 18.1. The number of H-pyrrole nitrogens is 1.